The Hall–Kier alpha value is -2.12. The number of carboxylic acids is 1. The van der Waals surface area contributed by atoms with Crippen LogP contribution in [-0.4, -0.2) is 51.9 Å². The number of nitrogens with one attached hydrogen (secondary N) is 2. The molecule has 8 nitrogen and oxygen atoms in total. The van der Waals surface area contributed by atoms with Crippen molar-refractivity contribution in [3.05, 3.63) is 0 Å². The average molecular weight is 299 g/mol. The number of carbonyl (C=O) groups excluding carboxylic acids is 3. The SMILES string of the molecule is CC(C)[C@H](NC(=O)CCN1C(=O)NC(C)(C)C1=O)C(=O)O. The Morgan fingerprint density at radius 1 is 1.33 bits per heavy atom. The highest BCUT2D eigenvalue weighted by molar-refractivity contribution is 6.06. The molecule has 8 heteroatoms. The fourth-order valence-electron chi connectivity index (χ4n) is 1.99. The van der Waals surface area contributed by atoms with Gasteiger partial charge in [-0.15, -0.1) is 0 Å². The fourth-order valence-corrected chi connectivity index (χ4v) is 1.99. The van der Waals surface area contributed by atoms with E-state index < -0.39 is 35.4 Å². The lowest BCUT2D eigenvalue weighted by atomic mass is 10.0. The van der Waals surface area contributed by atoms with E-state index in [1.54, 1.807) is 27.7 Å². The third-order valence-corrected chi connectivity index (χ3v) is 3.26. The smallest absolute Gasteiger partial charge is 0.326 e. The molecule has 3 N–H and O–H groups in total. The number of hydrogen-bond acceptors (Lipinski definition) is 4. The quantitative estimate of drug-likeness (QED) is 0.594. The van der Waals surface area contributed by atoms with Gasteiger partial charge >= 0.3 is 12.0 Å². The first kappa shape index (κ1) is 16.9. The number of aliphatic carboxylic acids is 1. The van der Waals surface area contributed by atoms with Gasteiger partial charge in [0.25, 0.3) is 5.91 Å². The highest BCUT2D eigenvalue weighted by Gasteiger charge is 2.44. The van der Waals surface area contributed by atoms with Gasteiger partial charge in [0, 0.05) is 13.0 Å². The second-order valence-electron chi connectivity index (χ2n) is 5.89. The second kappa shape index (κ2) is 6.11. The summed E-state index contributed by atoms with van der Waals surface area (Å²) >= 11 is 0. The van der Waals surface area contributed by atoms with Crippen molar-refractivity contribution < 1.29 is 24.3 Å². The summed E-state index contributed by atoms with van der Waals surface area (Å²) in [7, 11) is 0. The van der Waals surface area contributed by atoms with Gasteiger partial charge in [-0.05, 0) is 19.8 Å². The zero-order valence-electron chi connectivity index (χ0n) is 12.6. The first-order valence-corrected chi connectivity index (χ1v) is 6.72. The summed E-state index contributed by atoms with van der Waals surface area (Å²) in [4.78, 5) is 47.2. The Morgan fingerprint density at radius 3 is 2.29 bits per heavy atom. The molecule has 1 fully saturated rings. The Morgan fingerprint density at radius 2 is 1.90 bits per heavy atom. The van der Waals surface area contributed by atoms with Gasteiger partial charge in [-0.2, -0.15) is 0 Å². The molecule has 0 aromatic heterocycles. The standard InChI is InChI=1S/C13H21N3O5/c1-7(2)9(10(18)19)14-8(17)5-6-16-11(20)13(3,4)15-12(16)21/h7,9H,5-6H2,1-4H3,(H,14,17)(H,15,21)(H,18,19)/t9-/m0/s1. The molecule has 0 aromatic carbocycles. The van der Waals surface area contributed by atoms with Gasteiger partial charge in [-0.1, -0.05) is 13.8 Å². The molecule has 0 aromatic rings. The van der Waals surface area contributed by atoms with Crippen LogP contribution in [0.1, 0.15) is 34.1 Å². The molecule has 1 heterocycles. The molecule has 1 saturated heterocycles. The molecule has 0 bridgehead atoms. The zero-order chi connectivity index (χ0) is 16.4. The van der Waals surface area contributed by atoms with E-state index in [1.165, 1.54) is 0 Å². The lowest BCUT2D eigenvalue weighted by Gasteiger charge is -2.19. The molecule has 4 amide bonds. The van der Waals surface area contributed by atoms with Gasteiger partial charge in [-0.25, -0.2) is 9.59 Å². The number of hydrogen-bond donors (Lipinski definition) is 3. The maximum absolute atomic E-state index is 11.9. The van der Waals surface area contributed by atoms with Crippen LogP contribution in [-0.2, 0) is 14.4 Å². The summed E-state index contributed by atoms with van der Waals surface area (Å²) in [6.07, 6.45) is -0.133. The summed E-state index contributed by atoms with van der Waals surface area (Å²) in [6, 6.07) is -1.53. The molecule has 0 aliphatic carbocycles. The van der Waals surface area contributed by atoms with Crippen LogP contribution in [0.25, 0.3) is 0 Å². The number of amides is 4. The Balaban J connectivity index is 2.56. The number of nitrogens with zero attached hydrogens (tertiary/aromatic N) is 1. The van der Waals surface area contributed by atoms with Gasteiger partial charge < -0.3 is 15.7 Å². The lowest BCUT2D eigenvalue weighted by Crippen LogP contribution is -2.45. The number of urea groups is 1. The predicted octanol–water partition coefficient (Wildman–Crippen LogP) is -0.0677. The molecular weight excluding hydrogens is 278 g/mol. The summed E-state index contributed by atoms with van der Waals surface area (Å²) < 4.78 is 0. The Bertz CT molecular complexity index is 472. The van der Waals surface area contributed by atoms with Gasteiger partial charge in [0.2, 0.25) is 5.91 Å². The zero-order valence-corrected chi connectivity index (χ0v) is 12.6. The maximum atomic E-state index is 11.9. The lowest BCUT2D eigenvalue weighted by molar-refractivity contribution is -0.143. The molecule has 1 atom stereocenters. The minimum atomic E-state index is -1.12. The van der Waals surface area contributed by atoms with E-state index in [0.717, 1.165) is 4.90 Å². The van der Waals surface area contributed by atoms with Crippen LogP contribution in [0.5, 0.6) is 0 Å². The second-order valence-corrected chi connectivity index (χ2v) is 5.89. The van der Waals surface area contributed by atoms with Crippen LogP contribution in [0.4, 0.5) is 4.79 Å². The fraction of sp³-hybridized carbons (Fsp3) is 0.692. The molecule has 0 unspecified atom stereocenters. The molecule has 1 aliphatic rings. The van der Waals surface area contributed by atoms with Crippen molar-refractivity contribution in [3.63, 3.8) is 0 Å². The maximum Gasteiger partial charge on any atom is 0.326 e. The van der Waals surface area contributed by atoms with Crippen LogP contribution < -0.4 is 10.6 Å². The Kier molecular flexibility index (Phi) is 4.93. The number of carbonyl (C=O) groups is 4. The van der Waals surface area contributed by atoms with E-state index in [-0.39, 0.29) is 18.9 Å². The van der Waals surface area contributed by atoms with E-state index in [1.807, 2.05) is 0 Å². The number of carboxylic acid groups (broad SMARTS) is 1. The van der Waals surface area contributed by atoms with Crippen LogP contribution in [0.3, 0.4) is 0 Å². The monoisotopic (exact) mass is 299 g/mol. The molecule has 0 saturated carbocycles. The van der Waals surface area contributed by atoms with Crippen molar-refractivity contribution in [1.29, 1.82) is 0 Å². The van der Waals surface area contributed by atoms with E-state index in [0.29, 0.717) is 0 Å². The summed E-state index contributed by atoms with van der Waals surface area (Å²) in [6.45, 7) is 6.43. The van der Waals surface area contributed by atoms with Crippen molar-refractivity contribution in [2.24, 2.45) is 5.92 Å². The van der Waals surface area contributed by atoms with Gasteiger partial charge in [0.15, 0.2) is 0 Å². The van der Waals surface area contributed by atoms with Crippen LogP contribution in [0.15, 0.2) is 0 Å². The van der Waals surface area contributed by atoms with Crippen molar-refractivity contribution in [2.75, 3.05) is 6.54 Å². The van der Waals surface area contributed by atoms with Crippen LogP contribution >= 0.6 is 0 Å². The summed E-state index contributed by atoms with van der Waals surface area (Å²) in [5.41, 5.74) is -0.977. The van der Waals surface area contributed by atoms with Crippen molar-refractivity contribution in [3.8, 4) is 0 Å². The van der Waals surface area contributed by atoms with Crippen LogP contribution in [0.2, 0.25) is 0 Å². The molecule has 21 heavy (non-hydrogen) atoms. The van der Waals surface area contributed by atoms with Gasteiger partial charge in [0.1, 0.15) is 11.6 Å². The highest BCUT2D eigenvalue weighted by Crippen LogP contribution is 2.16. The van der Waals surface area contributed by atoms with Crippen molar-refractivity contribution >= 4 is 23.8 Å². The molecule has 1 aliphatic heterocycles. The average Bonchev–Trinajstić information content (AvgIpc) is 2.52. The molecule has 0 spiro atoms. The molecule has 0 radical (unpaired) electrons. The number of rotatable bonds is 6. The van der Waals surface area contributed by atoms with E-state index in [9.17, 15) is 19.2 Å². The largest absolute Gasteiger partial charge is 0.480 e. The summed E-state index contributed by atoms with van der Waals surface area (Å²) in [5.74, 6) is -2.29. The molecule has 1 rings (SSSR count). The van der Waals surface area contributed by atoms with E-state index >= 15 is 0 Å². The summed E-state index contributed by atoms with van der Waals surface area (Å²) in [5, 5.41) is 13.9. The molecule has 118 valence electrons. The normalized spacial score (nSPS) is 18.6. The first-order valence-electron chi connectivity index (χ1n) is 6.72. The third-order valence-electron chi connectivity index (χ3n) is 3.26. The minimum Gasteiger partial charge on any atom is -0.480 e. The minimum absolute atomic E-state index is 0.0790. The topological polar surface area (TPSA) is 116 Å². The van der Waals surface area contributed by atoms with Crippen molar-refractivity contribution in [1.82, 2.24) is 15.5 Å². The van der Waals surface area contributed by atoms with Crippen LogP contribution in [0, 0.1) is 5.92 Å². The van der Waals surface area contributed by atoms with Crippen molar-refractivity contribution in [2.45, 2.75) is 45.7 Å². The highest BCUT2D eigenvalue weighted by atomic mass is 16.4. The third kappa shape index (κ3) is 3.93. The van der Waals surface area contributed by atoms with E-state index in [4.69, 9.17) is 5.11 Å². The predicted molar refractivity (Wildman–Crippen MR) is 73.3 cm³/mol. The molecular formula is C13H21N3O5. The Labute approximate surface area is 122 Å². The first-order chi connectivity index (χ1) is 9.56. The van der Waals surface area contributed by atoms with E-state index in [2.05, 4.69) is 10.6 Å². The number of imide groups is 1. The van der Waals surface area contributed by atoms with Gasteiger partial charge in [0.05, 0.1) is 0 Å². The van der Waals surface area contributed by atoms with Gasteiger partial charge in [-0.3, -0.25) is 14.5 Å².